The summed E-state index contributed by atoms with van der Waals surface area (Å²) < 4.78 is 13.9. The monoisotopic (exact) mass is 517 g/mol. The second-order valence-corrected chi connectivity index (χ2v) is 10.6. The zero-order valence-corrected chi connectivity index (χ0v) is 21.4. The number of likely N-dealkylation sites (N-methyl/N-ethyl adjacent to an activating group) is 1. The van der Waals surface area contributed by atoms with E-state index in [4.69, 9.17) is 4.99 Å². The molecule has 2 unspecified atom stereocenters. The van der Waals surface area contributed by atoms with E-state index < -0.39 is 0 Å². The molecule has 1 aliphatic carbocycles. The minimum Gasteiger partial charge on any atom is -0.384 e. The van der Waals surface area contributed by atoms with Crippen molar-refractivity contribution in [1.82, 2.24) is 9.80 Å². The van der Waals surface area contributed by atoms with Gasteiger partial charge in [-0.2, -0.15) is 5.26 Å². The lowest BCUT2D eigenvalue weighted by Gasteiger charge is -2.23. The Hall–Kier alpha value is -3.48. The van der Waals surface area contributed by atoms with Crippen molar-refractivity contribution in [2.45, 2.75) is 24.8 Å². The molecule has 5 rings (SSSR count). The number of nitrogens with zero attached hydrogens (tertiary/aromatic N) is 4. The van der Waals surface area contributed by atoms with Crippen LogP contribution in [0.1, 0.15) is 18.1 Å². The molecule has 1 N–H and O–H groups in total. The first kappa shape index (κ1) is 24.2. The molecule has 2 aromatic rings. The van der Waals surface area contributed by atoms with Crippen LogP contribution < -0.4 is 5.32 Å². The number of thioether (sulfide) groups is 2. The van der Waals surface area contributed by atoms with Gasteiger partial charge in [0.05, 0.1) is 45.9 Å². The van der Waals surface area contributed by atoms with Gasteiger partial charge in [-0.25, -0.2) is 9.38 Å². The fourth-order valence-electron chi connectivity index (χ4n) is 4.28. The van der Waals surface area contributed by atoms with Crippen LogP contribution in [-0.2, 0) is 11.3 Å². The zero-order chi connectivity index (χ0) is 25.2. The molecule has 9 heteroatoms. The molecule has 0 radical (unpaired) electrons. The molecule has 2 saturated heterocycles. The summed E-state index contributed by atoms with van der Waals surface area (Å²) in [5.74, 6) is -0.396. The molecule has 182 valence electrons. The molecule has 2 fully saturated rings. The molecule has 2 aliphatic heterocycles. The number of allylic oxidation sites excluding steroid dienone is 2. The number of fused-ring (bicyclic) bond motifs is 1. The van der Waals surface area contributed by atoms with Crippen molar-refractivity contribution < 1.29 is 9.18 Å². The van der Waals surface area contributed by atoms with E-state index in [-0.39, 0.29) is 23.0 Å². The molecule has 1 amide bonds. The van der Waals surface area contributed by atoms with Crippen LogP contribution in [0.3, 0.4) is 0 Å². The van der Waals surface area contributed by atoms with Crippen molar-refractivity contribution in [2.24, 2.45) is 4.99 Å². The number of amidine groups is 1. The Labute approximate surface area is 218 Å². The van der Waals surface area contributed by atoms with Gasteiger partial charge in [0.1, 0.15) is 10.7 Å². The molecule has 2 heterocycles. The highest BCUT2D eigenvalue weighted by molar-refractivity contribution is 8.19. The van der Waals surface area contributed by atoms with Crippen LogP contribution >= 0.6 is 23.5 Å². The minimum atomic E-state index is -0.262. The van der Waals surface area contributed by atoms with Crippen LogP contribution in [-0.4, -0.2) is 45.8 Å². The second kappa shape index (κ2) is 10.2. The fraction of sp³-hybridized carbons (Fsp3) is 0.222. The molecule has 0 aromatic heterocycles. The number of hydrogen-bond donors (Lipinski definition) is 1. The van der Waals surface area contributed by atoms with E-state index in [0.717, 1.165) is 16.3 Å². The third-order valence-electron chi connectivity index (χ3n) is 6.08. The summed E-state index contributed by atoms with van der Waals surface area (Å²) in [6.45, 7) is 3.05. The smallest absolute Gasteiger partial charge is 0.269 e. The number of nitrogens with one attached hydrogen (secondary N) is 1. The Morgan fingerprint density at radius 1 is 1.22 bits per heavy atom. The lowest BCUT2D eigenvalue weighted by Crippen LogP contribution is -2.31. The predicted octanol–water partition coefficient (Wildman–Crippen LogP) is 5.76. The van der Waals surface area contributed by atoms with Gasteiger partial charge in [-0.05, 0) is 54.6 Å². The Morgan fingerprint density at radius 2 is 2.03 bits per heavy atom. The number of carbonyl (C=O) groups excluding carboxylic acids is 1. The number of rotatable bonds is 5. The van der Waals surface area contributed by atoms with E-state index in [2.05, 4.69) is 11.4 Å². The molecule has 2 atom stereocenters. The molecular weight excluding hydrogens is 493 g/mol. The highest BCUT2D eigenvalue weighted by Crippen LogP contribution is 2.48. The maximum atomic E-state index is 13.9. The molecular formula is C27H24FN5OS2. The van der Waals surface area contributed by atoms with Gasteiger partial charge in [0, 0.05) is 13.6 Å². The van der Waals surface area contributed by atoms with Crippen LogP contribution in [0.15, 0.2) is 87.5 Å². The SMILES string of the molecule is CCNc1ccc(C#N)cc1N=C1SC(=C2SC3C=CC(F)=CC3N2C)C(=O)N1Cc1ccccc1. The number of halogens is 1. The Bertz CT molecular complexity index is 1360. The average molecular weight is 518 g/mol. The van der Waals surface area contributed by atoms with E-state index >= 15 is 0 Å². The summed E-state index contributed by atoms with van der Waals surface area (Å²) >= 11 is 2.89. The van der Waals surface area contributed by atoms with Crippen LogP contribution in [0.2, 0.25) is 0 Å². The summed E-state index contributed by atoms with van der Waals surface area (Å²) in [7, 11) is 1.90. The lowest BCUT2D eigenvalue weighted by atomic mass is 10.1. The Balaban J connectivity index is 1.58. The van der Waals surface area contributed by atoms with Crippen LogP contribution in [0, 0.1) is 11.3 Å². The van der Waals surface area contributed by atoms with Gasteiger partial charge < -0.3 is 10.2 Å². The third kappa shape index (κ3) is 4.66. The topological polar surface area (TPSA) is 71.7 Å². The van der Waals surface area contributed by atoms with Crippen molar-refractivity contribution in [3.63, 3.8) is 0 Å². The van der Waals surface area contributed by atoms with E-state index in [0.29, 0.717) is 34.4 Å². The quantitative estimate of drug-likeness (QED) is 0.509. The van der Waals surface area contributed by atoms with Crippen LogP contribution in [0.4, 0.5) is 15.8 Å². The maximum absolute atomic E-state index is 13.9. The Morgan fingerprint density at radius 3 is 2.78 bits per heavy atom. The van der Waals surface area contributed by atoms with Crippen molar-refractivity contribution in [2.75, 3.05) is 18.9 Å². The molecule has 0 bridgehead atoms. The van der Waals surface area contributed by atoms with E-state index in [1.807, 2.05) is 61.3 Å². The van der Waals surface area contributed by atoms with Gasteiger partial charge in [0.15, 0.2) is 5.17 Å². The number of carbonyl (C=O) groups is 1. The van der Waals surface area contributed by atoms with Crippen molar-refractivity contribution in [3.05, 3.63) is 93.6 Å². The second-order valence-electron chi connectivity index (χ2n) is 8.48. The summed E-state index contributed by atoms with van der Waals surface area (Å²) in [6.07, 6.45) is 4.94. The first-order valence-electron chi connectivity index (χ1n) is 11.6. The first-order chi connectivity index (χ1) is 17.5. The van der Waals surface area contributed by atoms with Gasteiger partial charge >= 0.3 is 0 Å². The summed E-state index contributed by atoms with van der Waals surface area (Å²) in [5.41, 5.74) is 2.87. The van der Waals surface area contributed by atoms with E-state index in [1.54, 1.807) is 34.9 Å². The van der Waals surface area contributed by atoms with Crippen LogP contribution in [0.5, 0.6) is 0 Å². The number of aliphatic imine (C=N–C) groups is 1. The average Bonchev–Trinajstić information content (AvgIpc) is 3.37. The van der Waals surface area contributed by atoms with E-state index in [9.17, 15) is 14.4 Å². The summed E-state index contributed by atoms with van der Waals surface area (Å²) in [4.78, 5) is 22.9. The van der Waals surface area contributed by atoms with Gasteiger partial charge in [-0.1, -0.05) is 48.2 Å². The van der Waals surface area contributed by atoms with Gasteiger partial charge in [0.25, 0.3) is 5.91 Å². The lowest BCUT2D eigenvalue weighted by molar-refractivity contribution is -0.122. The van der Waals surface area contributed by atoms with E-state index in [1.165, 1.54) is 17.8 Å². The maximum Gasteiger partial charge on any atom is 0.269 e. The highest BCUT2D eigenvalue weighted by Gasteiger charge is 2.43. The largest absolute Gasteiger partial charge is 0.384 e. The third-order valence-corrected chi connectivity index (χ3v) is 8.70. The van der Waals surface area contributed by atoms with Crippen molar-refractivity contribution in [3.8, 4) is 6.07 Å². The number of anilines is 1. The predicted molar refractivity (Wildman–Crippen MR) is 145 cm³/mol. The zero-order valence-electron chi connectivity index (χ0n) is 19.8. The number of nitriles is 1. The number of amides is 1. The molecule has 0 spiro atoms. The fourth-order valence-corrected chi connectivity index (χ4v) is 6.86. The van der Waals surface area contributed by atoms with Gasteiger partial charge in [-0.15, -0.1) is 0 Å². The van der Waals surface area contributed by atoms with Crippen LogP contribution in [0.25, 0.3) is 0 Å². The molecule has 0 saturated carbocycles. The minimum absolute atomic E-state index is 0.0432. The highest BCUT2D eigenvalue weighted by atomic mass is 32.2. The van der Waals surface area contributed by atoms with Gasteiger partial charge in [0.2, 0.25) is 0 Å². The first-order valence-corrected chi connectivity index (χ1v) is 13.3. The normalized spacial score (nSPS) is 24.2. The number of hydrogen-bond acceptors (Lipinski definition) is 7. The number of benzene rings is 2. The molecule has 6 nitrogen and oxygen atoms in total. The van der Waals surface area contributed by atoms with Crippen molar-refractivity contribution in [1.29, 1.82) is 5.26 Å². The van der Waals surface area contributed by atoms with Gasteiger partial charge in [-0.3, -0.25) is 9.69 Å². The molecule has 36 heavy (non-hydrogen) atoms. The standard InChI is InChI=1S/C27H24FN5OS2/c1-3-30-20-11-9-18(15-29)13-21(20)31-27-33(16-17-7-5-4-6-8-17)25(34)24(36-27)26-32(2)22-14-19(28)10-12-23(22)35-26/h4-14,22-23,30H,3,16H2,1-2H3. The summed E-state index contributed by atoms with van der Waals surface area (Å²) in [5, 5.41) is 14.1. The summed E-state index contributed by atoms with van der Waals surface area (Å²) in [6, 6.07) is 17.1. The van der Waals surface area contributed by atoms with Crippen molar-refractivity contribution >= 4 is 46.0 Å². The molecule has 2 aromatic carbocycles. The Kier molecular flexibility index (Phi) is 6.90. The molecule has 3 aliphatic rings.